The molecule has 3 amide bonds. The molecule has 1 aromatic heterocycles. The Morgan fingerprint density at radius 2 is 1.88 bits per heavy atom. The zero-order valence-electron chi connectivity index (χ0n) is 18.5. The first-order chi connectivity index (χ1) is 15.4. The minimum absolute atomic E-state index is 0.0704. The Labute approximate surface area is 186 Å². The van der Waals surface area contributed by atoms with Crippen molar-refractivity contribution in [3.8, 4) is 5.75 Å². The lowest BCUT2D eigenvalue weighted by atomic mass is 10.2. The Balaban J connectivity index is 1.34. The molecule has 1 fully saturated rings. The summed E-state index contributed by atoms with van der Waals surface area (Å²) in [6.45, 7) is 3.17. The second-order valence-corrected chi connectivity index (χ2v) is 7.88. The quantitative estimate of drug-likeness (QED) is 0.660. The van der Waals surface area contributed by atoms with Crippen LogP contribution in [0.1, 0.15) is 16.2 Å². The molecule has 168 valence electrons. The van der Waals surface area contributed by atoms with E-state index in [0.29, 0.717) is 66.7 Å². The molecule has 2 heterocycles. The topological polar surface area (TPSA) is 91.2 Å². The summed E-state index contributed by atoms with van der Waals surface area (Å²) in [5.41, 5.74) is 2.56. The average Bonchev–Trinajstić information content (AvgIpc) is 3.20. The molecule has 0 aliphatic carbocycles. The molecule has 1 aliphatic heterocycles. The summed E-state index contributed by atoms with van der Waals surface area (Å²) in [6.07, 6.45) is 0. The van der Waals surface area contributed by atoms with Crippen LogP contribution in [0.2, 0.25) is 0 Å². The molecule has 1 N–H and O–H groups in total. The molecule has 0 unspecified atom stereocenters. The molecule has 0 atom stereocenters. The Morgan fingerprint density at radius 1 is 1.12 bits per heavy atom. The van der Waals surface area contributed by atoms with Gasteiger partial charge < -0.3 is 24.3 Å². The van der Waals surface area contributed by atoms with Gasteiger partial charge in [-0.05, 0) is 30.3 Å². The Bertz CT molecular complexity index is 1120. The van der Waals surface area contributed by atoms with Crippen LogP contribution in [0.3, 0.4) is 0 Å². The molecule has 1 aliphatic rings. The second kappa shape index (κ2) is 9.27. The summed E-state index contributed by atoms with van der Waals surface area (Å²) in [6, 6.07) is 12.5. The Hall–Kier alpha value is -3.59. The first kappa shape index (κ1) is 21.6. The number of nitrogens with zero attached hydrogens (tertiary/aromatic N) is 4. The number of urea groups is 1. The van der Waals surface area contributed by atoms with Gasteiger partial charge in [0, 0.05) is 45.8 Å². The molecule has 3 aromatic rings. The maximum atomic E-state index is 12.6. The van der Waals surface area contributed by atoms with Crippen molar-refractivity contribution in [3.05, 3.63) is 53.9 Å². The lowest BCUT2D eigenvalue weighted by molar-refractivity contribution is 0.0827. The highest BCUT2D eigenvalue weighted by Crippen LogP contribution is 2.24. The monoisotopic (exact) mass is 437 g/mol. The van der Waals surface area contributed by atoms with Gasteiger partial charge in [0.05, 0.1) is 19.3 Å². The van der Waals surface area contributed by atoms with Crippen LogP contribution in [0, 0.1) is 0 Å². The van der Waals surface area contributed by atoms with E-state index in [2.05, 4.69) is 15.2 Å². The van der Waals surface area contributed by atoms with Gasteiger partial charge in [0.2, 0.25) is 5.89 Å². The van der Waals surface area contributed by atoms with Crippen LogP contribution in [0.25, 0.3) is 11.1 Å². The summed E-state index contributed by atoms with van der Waals surface area (Å²) < 4.78 is 11.2. The fourth-order valence-electron chi connectivity index (χ4n) is 3.68. The van der Waals surface area contributed by atoms with Crippen molar-refractivity contribution in [2.45, 2.75) is 6.54 Å². The molecular formula is C23H27N5O4. The third-order valence-electron chi connectivity index (χ3n) is 5.45. The summed E-state index contributed by atoms with van der Waals surface area (Å²) >= 11 is 0. The predicted octanol–water partition coefficient (Wildman–Crippen LogP) is 2.89. The van der Waals surface area contributed by atoms with Crippen LogP contribution in [-0.2, 0) is 6.54 Å². The van der Waals surface area contributed by atoms with Gasteiger partial charge in [0.15, 0.2) is 5.58 Å². The number of fused-ring (bicyclic) bond motifs is 1. The van der Waals surface area contributed by atoms with Gasteiger partial charge in [0.1, 0.15) is 11.3 Å². The van der Waals surface area contributed by atoms with Crippen LogP contribution in [0.5, 0.6) is 5.75 Å². The van der Waals surface area contributed by atoms with Crippen molar-refractivity contribution in [2.24, 2.45) is 0 Å². The summed E-state index contributed by atoms with van der Waals surface area (Å²) in [7, 11) is 5.02. The number of ether oxygens (including phenoxy) is 1. The molecule has 0 spiro atoms. The number of nitrogens with one attached hydrogen (secondary N) is 1. The average molecular weight is 438 g/mol. The number of rotatable bonds is 5. The molecule has 9 heteroatoms. The van der Waals surface area contributed by atoms with Gasteiger partial charge >= 0.3 is 6.03 Å². The molecule has 2 aromatic carbocycles. The van der Waals surface area contributed by atoms with Gasteiger partial charge in [-0.3, -0.25) is 9.69 Å². The van der Waals surface area contributed by atoms with E-state index in [1.165, 1.54) is 4.90 Å². The summed E-state index contributed by atoms with van der Waals surface area (Å²) in [5, 5.41) is 2.92. The van der Waals surface area contributed by atoms with E-state index in [-0.39, 0.29) is 11.9 Å². The van der Waals surface area contributed by atoms with Crippen molar-refractivity contribution >= 4 is 28.7 Å². The third-order valence-corrected chi connectivity index (χ3v) is 5.45. The number of carbonyl (C=O) groups excluding carboxylic acids is 2. The molecule has 32 heavy (non-hydrogen) atoms. The summed E-state index contributed by atoms with van der Waals surface area (Å²) in [5.74, 6) is 1.16. The number of hydrogen-bond donors (Lipinski definition) is 1. The largest absolute Gasteiger partial charge is 0.495 e. The number of hydrogen-bond acceptors (Lipinski definition) is 6. The number of oxazole rings is 1. The van der Waals surface area contributed by atoms with E-state index in [1.807, 2.05) is 24.3 Å². The molecular weight excluding hydrogens is 410 g/mol. The van der Waals surface area contributed by atoms with Crippen LogP contribution < -0.4 is 10.1 Å². The zero-order valence-corrected chi connectivity index (χ0v) is 18.5. The molecule has 4 rings (SSSR count). The zero-order chi connectivity index (χ0) is 22.7. The van der Waals surface area contributed by atoms with E-state index in [9.17, 15) is 9.59 Å². The highest BCUT2D eigenvalue weighted by atomic mass is 16.5. The van der Waals surface area contributed by atoms with Crippen LogP contribution in [-0.4, -0.2) is 79.0 Å². The molecule has 0 radical (unpaired) electrons. The van der Waals surface area contributed by atoms with E-state index in [1.54, 1.807) is 44.3 Å². The third kappa shape index (κ3) is 4.67. The Morgan fingerprint density at radius 3 is 2.59 bits per heavy atom. The van der Waals surface area contributed by atoms with Gasteiger partial charge in [-0.1, -0.05) is 12.1 Å². The van der Waals surface area contributed by atoms with E-state index < -0.39 is 0 Å². The minimum Gasteiger partial charge on any atom is -0.495 e. The number of carbonyl (C=O) groups is 2. The number of methoxy groups -OCH3 is 1. The van der Waals surface area contributed by atoms with Gasteiger partial charge in [-0.15, -0.1) is 0 Å². The number of benzene rings is 2. The van der Waals surface area contributed by atoms with Crippen molar-refractivity contribution in [2.75, 3.05) is 52.7 Å². The van der Waals surface area contributed by atoms with Gasteiger partial charge in [-0.25, -0.2) is 9.78 Å². The predicted molar refractivity (Wildman–Crippen MR) is 121 cm³/mol. The standard InChI is InChI=1S/C23H27N5O4/c1-26(2)22(29)16-8-9-20-18(14-16)24-21(32-20)15-27-10-12-28(13-11-27)23(30)25-17-6-4-5-7-19(17)31-3/h4-9,14H,10-13,15H2,1-3H3,(H,25,30). The van der Waals surface area contributed by atoms with Crippen LogP contribution in [0.15, 0.2) is 46.9 Å². The first-order valence-electron chi connectivity index (χ1n) is 10.5. The van der Waals surface area contributed by atoms with Crippen molar-refractivity contribution in [3.63, 3.8) is 0 Å². The number of aromatic nitrogens is 1. The van der Waals surface area contributed by atoms with Crippen LogP contribution in [0.4, 0.5) is 10.5 Å². The van der Waals surface area contributed by atoms with E-state index in [0.717, 1.165) is 0 Å². The van der Waals surface area contributed by atoms with E-state index >= 15 is 0 Å². The maximum Gasteiger partial charge on any atom is 0.322 e. The maximum absolute atomic E-state index is 12.6. The minimum atomic E-state index is -0.144. The number of piperazine rings is 1. The lowest BCUT2D eigenvalue weighted by Gasteiger charge is -2.34. The first-order valence-corrected chi connectivity index (χ1v) is 10.5. The lowest BCUT2D eigenvalue weighted by Crippen LogP contribution is -2.49. The Kier molecular flexibility index (Phi) is 6.27. The SMILES string of the molecule is COc1ccccc1NC(=O)N1CCN(Cc2nc3cc(C(=O)N(C)C)ccc3o2)CC1. The molecule has 0 saturated carbocycles. The van der Waals surface area contributed by atoms with Crippen LogP contribution >= 0.6 is 0 Å². The molecule has 1 saturated heterocycles. The number of anilines is 1. The fraction of sp³-hybridized carbons (Fsp3) is 0.348. The normalized spacial score (nSPS) is 14.4. The van der Waals surface area contributed by atoms with Gasteiger partial charge in [-0.2, -0.15) is 0 Å². The number of para-hydroxylation sites is 2. The summed E-state index contributed by atoms with van der Waals surface area (Å²) in [4.78, 5) is 34.9. The molecule has 0 bridgehead atoms. The molecule has 9 nitrogen and oxygen atoms in total. The van der Waals surface area contributed by atoms with Crippen molar-refractivity contribution in [1.82, 2.24) is 19.7 Å². The fourth-order valence-corrected chi connectivity index (χ4v) is 3.68. The van der Waals surface area contributed by atoms with Gasteiger partial charge in [0.25, 0.3) is 5.91 Å². The highest BCUT2D eigenvalue weighted by molar-refractivity contribution is 5.96. The second-order valence-electron chi connectivity index (χ2n) is 7.88. The van der Waals surface area contributed by atoms with E-state index in [4.69, 9.17) is 9.15 Å². The smallest absolute Gasteiger partial charge is 0.322 e. The van der Waals surface area contributed by atoms with Crippen molar-refractivity contribution in [1.29, 1.82) is 0 Å². The number of amides is 3. The van der Waals surface area contributed by atoms with Crippen molar-refractivity contribution < 1.29 is 18.7 Å². The highest BCUT2D eigenvalue weighted by Gasteiger charge is 2.23.